The number of aromatic nitrogens is 3. The minimum Gasteiger partial charge on any atom is -0.228 e. The van der Waals surface area contributed by atoms with Gasteiger partial charge in [-0.1, -0.05) is 41.0 Å². The summed E-state index contributed by atoms with van der Waals surface area (Å²) in [6.07, 6.45) is 0. The van der Waals surface area contributed by atoms with E-state index in [9.17, 15) is 0 Å². The van der Waals surface area contributed by atoms with Gasteiger partial charge in [0.15, 0.2) is 5.16 Å². The first-order chi connectivity index (χ1) is 8.54. The summed E-state index contributed by atoms with van der Waals surface area (Å²) in [5.41, 5.74) is 2.85. The van der Waals surface area contributed by atoms with Gasteiger partial charge < -0.3 is 0 Å². The van der Waals surface area contributed by atoms with Crippen LogP contribution >= 0.6 is 35.0 Å². The van der Waals surface area contributed by atoms with Crippen LogP contribution in [-0.4, -0.2) is 15.0 Å². The predicted octanol–water partition coefficient (Wildman–Crippen LogP) is 4.09. The Hall–Kier alpha value is -0.840. The highest BCUT2D eigenvalue weighted by Crippen LogP contribution is 2.24. The molecule has 0 saturated heterocycles. The second-order valence-electron chi connectivity index (χ2n) is 3.81. The molecule has 3 nitrogen and oxygen atoms in total. The van der Waals surface area contributed by atoms with E-state index in [2.05, 4.69) is 15.0 Å². The number of thioether (sulfide) groups is 1. The van der Waals surface area contributed by atoms with Crippen molar-refractivity contribution in [3.8, 4) is 0 Å². The van der Waals surface area contributed by atoms with Gasteiger partial charge in [-0.2, -0.15) is 0 Å². The molecule has 0 aliphatic heterocycles. The van der Waals surface area contributed by atoms with Gasteiger partial charge in [0, 0.05) is 17.1 Å². The number of nitrogens with zero attached hydrogens (tertiary/aromatic N) is 3. The second-order valence-corrected chi connectivity index (χ2v) is 5.49. The molecule has 0 saturated carbocycles. The molecule has 0 aromatic carbocycles. The largest absolute Gasteiger partial charge is 0.228 e. The van der Waals surface area contributed by atoms with Crippen molar-refractivity contribution < 1.29 is 0 Å². The van der Waals surface area contributed by atoms with Crippen LogP contribution in [-0.2, 0) is 5.75 Å². The molecule has 2 aromatic heterocycles. The van der Waals surface area contributed by atoms with E-state index in [1.165, 1.54) is 11.8 Å². The third-order valence-corrected chi connectivity index (χ3v) is 3.64. The lowest BCUT2D eigenvalue weighted by Gasteiger charge is -2.04. The molecule has 18 heavy (non-hydrogen) atoms. The highest BCUT2D eigenvalue weighted by Gasteiger charge is 2.06. The zero-order valence-electron chi connectivity index (χ0n) is 9.94. The fraction of sp³-hybridized carbons (Fsp3) is 0.250. The Kier molecular flexibility index (Phi) is 4.43. The molecule has 0 N–H and O–H groups in total. The fourth-order valence-electron chi connectivity index (χ4n) is 1.45. The molecule has 0 spiro atoms. The number of halogens is 2. The van der Waals surface area contributed by atoms with Crippen molar-refractivity contribution in [1.82, 2.24) is 15.0 Å². The van der Waals surface area contributed by atoms with Crippen LogP contribution in [0.15, 0.2) is 23.4 Å². The SMILES string of the molecule is Cc1cc(C)nc(SCc2ccc(Cl)nc2Cl)n1. The van der Waals surface area contributed by atoms with Crippen LogP contribution < -0.4 is 0 Å². The van der Waals surface area contributed by atoms with Gasteiger partial charge in [0.2, 0.25) is 0 Å². The topological polar surface area (TPSA) is 38.7 Å². The molecule has 2 aromatic rings. The van der Waals surface area contributed by atoms with Gasteiger partial charge in [0.25, 0.3) is 0 Å². The normalized spacial score (nSPS) is 10.7. The molecule has 0 aliphatic rings. The molecule has 0 aliphatic carbocycles. The van der Waals surface area contributed by atoms with Gasteiger partial charge in [-0.15, -0.1) is 0 Å². The van der Waals surface area contributed by atoms with E-state index in [1.54, 1.807) is 6.07 Å². The lowest BCUT2D eigenvalue weighted by Crippen LogP contribution is -1.94. The Bertz CT molecular complexity index is 555. The first-order valence-corrected chi connectivity index (χ1v) is 7.05. The Morgan fingerprint density at radius 3 is 2.33 bits per heavy atom. The van der Waals surface area contributed by atoms with Gasteiger partial charge in [0.1, 0.15) is 10.3 Å². The van der Waals surface area contributed by atoms with Gasteiger partial charge in [0.05, 0.1) is 0 Å². The lowest BCUT2D eigenvalue weighted by atomic mass is 10.3. The van der Waals surface area contributed by atoms with Crippen LogP contribution in [0.3, 0.4) is 0 Å². The van der Waals surface area contributed by atoms with Crippen molar-refractivity contribution in [3.63, 3.8) is 0 Å². The maximum Gasteiger partial charge on any atom is 0.188 e. The maximum absolute atomic E-state index is 6.01. The predicted molar refractivity (Wildman–Crippen MR) is 75.3 cm³/mol. The summed E-state index contributed by atoms with van der Waals surface area (Å²) < 4.78 is 0. The van der Waals surface area contributed by atoms with E-state index in [0.29, 0.717) is 16.1 Å². The molecule has 2 heterocycles. The fourth-order valence-corrected chi connectivity index (χ4v) is 2.87. The van der Waals surface area contributed by atoms with Crippen molar-refractivity contribution in [2.75, 3.05) is 0 Å². The Labute approximate surface area is 120 Å². The third-order valence-electron chi connectivity index (χ3n) is 2.21. The molecule has 6 heteroatoms. The van der Waals surface area contributed by atoms with Gasteiger partial charge in [-0.3, -0.25) is 0 Å². The average molecular weight is 300 g/mol. The molecular weight excluding hydrogens is 289 g/mol. The number of rotatable bonds is 3. The molecule has 0 bridgehead atoms. The van der Waals surface area contributed by atoms with Crippen LogP contribution in [0.2, 0.25) is 10.3 Å². The first-order valence-electron chi connectivity index (χ1n) is 5.30. The zero-order valence-corrected chi connectivity index (χ0v) is 12.3. The molecule has 0 amide bonds. The van der Waals surface area contributed by atoms with Crippen molar-refractivity contribution in [2.45, 2.75) is 24.8 Å². The minimum absolute atomic E-state index is 0.399. The molecule has 0 fully saturated rings. The van der Waals surface area contributed by atoms with Gasteiger partial charge >= 0.3 is 0 Å². The summed E-state index contributed by atoms with van der Waals surface area (Å²) in [5, 5.41) is 1.58. The van der Waals surface area contributed by atoms with E-state index in [0.717, 1.165) is 22.1 Å². The molecule has 0 unspecified atom stereocenters. The van der Waals surface area contributed by atoms with E-state index >= 15 is 0 Å². The zero-order chi connectivity index (χ0) is 13.1. The van der Waals surface area contributed by atoms with Crippen molar-refractivity contribution in [3.05, 3.63) is 45.5 Å². The molecule has 0 radical (unpaired) electrons. The van der Waals surface area contributed by atoms with Crippen molar-refractivity contribution >= 4 is 35.0 Å². The highest BCUT2D eigenvalue weighted by atomic mass is 35.5. The summed E-state index contributed by atoms with van der Waals surface area (Å²) in [6.45, 7) is 3.91. The quantitative estimate of drug-likeness (QED) is 0.486. The monoisotopic (exact) mass is 299 g/mol. The smallest absolute Gasteiger partial charge is 0.188 e. The number of hydrogen-bond donors (Lipinski definition) is 0. The number of pyridine rings is 1. The molecule has 94 valence electrons. The second kappa shape index (κ2) is 5.87. The number of hydrogen-bond acceptors (Lipinski definition) is 4. The summed E-state index contributed by atoms with van der Waals surface area (Å²) >= 11 is 13.3. The van der Waals surface area contributed by atoms with Crippen LogP contribution in [0.5, 0.6) is 0 Å². The first kappa shape index (κ1) is 13.6. The Morgan fingerprint density at radius 2 is 1.72 bits per heavy atom. The summed E-state index contributed by atoms with van der Waals surface area (Å²) in [5.74, 6) is 0.673. The van der Waals surface area contributed by atoms with Gasteiger partial charge in [-0.05, 0) is 31.5 Å². The third kappa shape index (κ3) is 3.57. The van der Waals surface area contributed by atoms with E-state index in [1.807, 2.05) is 26.0 Å². The molecular formula is C12H11Cl2N3S. The Morgan fingerprint density at radius 1 is 1.06 bits per heavy atom. The summed E-state index contributed by atoms with van der Waals surface area (Å²) in [7, 11) is 0. The van der Waals surface area contributed by atoms with Gasteiger partial charge in [-0.25, -0.2) is 15.0 Å². The maximum atomic E-state index is 6.01. The Balaban J connectivity index is 2.11. The van der Waals surface area contributed by atoms with Crippen LogP contribution in [0, 0.1) is 13.8 Å². The standard InChI is InChI=1S/C12H11Cl2N3S/c1-7-5-8(2)16-12(15-7)18-6-9-3-4-10(13)17-11(9)14/h3-5H,6H2,1-2H3. The lowest BCUT2D eigenvalue weighted by molar-refractivity contribution is 0.902. The van der Waals surface area contributed by atoms with Crippen LogP contribution in [0.4, 0.5) is 0 Å². The molecule has 2 rings (SSSR count). The van der Waals surface area contributed by atoms with Crippen LogP contribution in [0.25, 0.3) is 0 Å². The average Bonchev–Trinajstić information content (AvgIpc) is 2.26. The van der Waals surface area contributed by atoms with Crippen LogP contribution in [0.1, 0.15) is 17.0 Å². The van der Waals surface area contributed by atoms with Crippen molar-refractivity contribution in [1.29, 1.82) is 0 Å². The van der Waals surface area contributed by atoms with E-state index < -0.39 is 0 Å². The molecule has 0 atom stereocenters. The summed E-state index contributed by atoms with van der Waals surface area (Å²) in [6, 6.07) is 5.54. The summed E-state index contributed by atoms with van der Waals surface area (Å²) in [4.78, 5) is 12.7. The highest BCUT2D eigenvalue weighted by molar-refractivity contribution is 7.98. The van der Waals surface area contributed by atoms with E-state index in [4.69, 9.17) is 23.2 Å². The number of aryl methyl sites for hydroxylation is 2. The van der Waals surface area contributed by atoms with E-state index in [-0.39, 0.29) is 0 Å². The van der Waals surface area contributed by atoms with Crippen molar-refractivity contribution in [2.24, 2.45) is 0 Å². The minimum atomic E-state index is 0.399.